The maximum Gasteiger partial charge on any atom is 0.248 e. The SMILES string of the molecule is Cc1cc(NC(=O)C2CCN(S(=O)(=O)c3c(C)noc3C)CC2)n(C(C)(C)C)n1. The molecule has 0 atom stereocenters. The second-order valence-corrected chi connectivity index (χ2v) is 10.4. The van der Waals surface area contributed by atoms with Gasteiger partial charge in [-0.25, -0.2) is 13.1 Å². The number of carbonyl (C=O) groups is 1. The van der Waals surface area contributed by atoms with Crippen molar-refractivity contribution >= 4 is 21.7 Å². The van der Waals surface area contributed by atoms with Gasteiger partial charge in [0.15, 0.2) is 5.76 Å². The fourth-order valence-electron chi connectivity index (χ4n) is 3.66. The van der Waals surface area contributed by atoms with Crippen LogP contribution in [0.1, 0.15) is 50.8 Å². The topological polar surface area (TPSA) is 110 Å². The number of nitrogens with one attached hydrogen (secondary N) is 1. The smallest absolute Gasteiger partial charge is 0.248 e. The Balaban J connectivity index is 1.68. The molecule has 1 amide bonds. The molecule has 160 valence electrons. The molecule has 0 radical (unpaired) electrons. The van der Waals surface area contributed by atoms with Crippen LogP contribution in [0.25, 0.3) is 0 Å². The molecule has 0 saturated carbocycles. The van der Waals surface area contributed by atoms with E-state index in [-0.39, 0.29) is 41.1 Å². The standard InChI is InChI=1S/C19H29N5O4S/c1-12-11-16(24(21-12)19(4,5)6)20-18(25)15-7-9-23(10-8-15)29(26,27)17-13(2)22-28-14(17)3/h11,15H,7-10H2,1-6H3,(H,20,25). The van der Waals surface area contributed by atoms with Gasteiger partial charge >= 0.3 is 0 Å². The number of carbonyl (C=O) groups excluding carboxylic acids is 1. The quantitative estimate of drug-likeness (QED) is 0.809. The molecule has 1 N–H and O–H groups in total. The first-order chi connectivity index (χ1) is 13.4. The molecule has 1 fully saturated rings. The van der Waals surface area contributed by atoms with Crippen molar-refractivity contribution in [1.82, 2.24) is 19.2 Å². The molecule has 0 aliphatic carbocycles. The highest BCUT2D eigenvalue weighted by Crippen LogP contribution is 2.29. The summed E-state index contributed by atoms with van der Waals surface area (Å²) in [4.78, 5) is 12.9. The van der Waals surface area contributed by atoms with Crippen molar-refractivity contribution in [2.45, 2.75) is 64.8 Å². The minimum atomic E-state index is -3.68. The highest BCUT2D eigenvalue weighted by molar-refractivity contribution is 7.89. The van der Waals surface area contributed by atoms with Crippen molar-refractivity contribution in [3.05, 3.63) is 23.2 Å². The van der Waals surface area contributed by atoms with Crippen molar-refractivity contribution in [1.29, 1.82) is 0 Å². The Labute approximate surface area is 171 Å². The van der Waals surface area contributed by atoms with E-state index in [1.54, 1.807) is 18.5 Å². The molecule has 3 rings (SSSR count). The number of aromatic nitrogens is 3. The Bertz CT molecular complexity index is 989. The van der Waals surface area contributed by atoms with E-state index in [0.717, 1.165) is 5.69 Å². The second kappa shape index (κ2) is 7.56. The number of sulfonamides is 1. The van der Waals surface area contributed by atoms with Crippen molar-refractivity contribution in [2.75, 3.05) is 18.4 Å². The summed E-state index contributed by atoms with van der Waals surface area (Å²) in [7, 11) is -3.68. The second-order valence-electron chi connectivity index (χ2n) is 8.57. The van der Waals surface area contributed by atoms with E-state index in [2.05, 4.69) is 15.6 Å². The number of rotatable bonds is 4. The summed E-state index contributed by atoms with van der Waals surface area (Å²) in [6, 6.07) is 1.85. The fourth-order valence-corrected chi connectivity index (χ4v) is 5.42. The molecular formula is C19H29N5O4S. The molecule has 10 heteroatoms. The largest absolute Gasteiger partial charge is 0.360 e. The van der Waals surface area contributed by atoms with Crippen LogP contribution in [-0.2, 0) is 20.4 Å². The number of hydrogen-bond acceptors (Lipinski definition) is 6. The summed E-state index contributed by atoms with van der Waals surface area (Å²) in [6.45, 7) is 11.7. The molecule has 1 aliphatic rings. The summed E-state index contributed by atoms with van der Waals surface area (Å²) in [6.07, 6.45) is 0.911. The van der Waals surface area contributed by atoms with Crippen LogP contribution in [0.2, 0.25) is 0 Å². The zero-order valence-corrected chi connectivity index (χ0v) is 18.6. The Morgan fingerprint density at radius 2 is 1.83 bits per heavy atom. The summed E-state index contributed by atoms with van der Waals surface area (Å²) in [5, 5.41) is 11.2. The molecule has 1 saturated heterocycles. The highest BCUT2D eigenvalue weighted by atomic mass is 32.2. The van der Waals surface area contributed by atoms with Crippen LogP contribution in [-0.4, -0.2) is 46.7 Å². The van der Waals surface area contributed by atoms with E-state index >= 15 is 0 Å². The lowest BCUT2D eigenvalue weighted by Crippen LogP contribution is -2.42. The molecule has 2 aromatic heterocycles. The van der Waals surface area contributed by atoms with Crippen molar-refractivity contribution in [3.63, 3.8) is 0 Å². The number of piperidine rings is 1. The van der Waals surface area contributed by atoms with Crippen LogP contribution in [0.4, 0.5) is 5.82 Å². The molecule has 0 spiro atoms. The minimum absolute atomic E-state index is 0.107. The van der Waals surface area contributed by atoms with Gasteiger partial charge in [0.05, 0.1) is 11.2 Å². The number of amides is 1. The third-order valence-corrected chi connectivity index (χ3v) is 7.25. The van der Waals surface area contributed by atoms with Crippen LogP contribution in [0.5, 0.6) is 0 Å². The van der Waals surface area contributed by atoms with E-state index in [4.69, 9.17) is 4.52 Å². The van der Waals surface area contributed by atoms with Gasteiger partial charge in [-0.15, -0.1) is 0 Å². The Kier molecular flexibility index (Phi) is 5.61. The first kappa shape index (κ1) is 21.5. The Hall–Kier alpha value is -2.20. The predicted octanol–water partition coefficient (Wildman–Crippen LogP) is 2.59. The van der Waals surface area contributed by atoms with Gasteiger partial charge in [-0.2, -0.15) is 9.40 Å². The molecule has 0 bridgehead atoms. The number of nitrogens with zero attached hydrogens (tertiary/aromatic N) is 4. The molecule has 9 nitrogen and oxygen atoms in total. The molecule has 0 aromatic carbocycles. The lowest BCUT2D eigenvalue weighted by molar-refractivity contribution is -0.121. The summed E-state index contributed by atoms with van der Waals surface area (Å²) in [5.74, 6) is 0.582. The van der Waals surface area contributed by atoms with Gasteiger partial charge in [-0.05, 0) is 54.4 Å². The maximum atomic E-state index is 12.9. The average Bonchev–Trinajstić information content (AvgIpc) is 3.16. The summed E-state index contributed by atoms with van der Waals surface area (Å²) >= 11 is 0. The fraction of sp³-hybridized carbons (Fsp3) is 0.632. The third kappa shape index (κ3) is 4.23. The maximum absolute atomic E-state index is 12.9. The van der Waals surface area contributed by atoms with E-state index in [1.165, 1.54) is 4.31 Å². The van der Waals surface area contributed by atoms with Gasteiger partial charge in [0, 0.05) is 25.1 Å². The van der Waals surface area contributed by atoms with Gasteiger partial charge in [0.2, 0.25) is 15.9 Å². The highest BCUT2D eigenvalue weighted by Gasteiger charge is 2.35. The normalized spacial score (nSPS) is 16.9. The Morgan fingerprint density at radius 1 is 1.21 bits per heavy atom. The van der Waals surface area contributed by atoms with Gasteiger partial charge < -0.3 is 9.84 Å². The first-order valence-electron chi connectivity index (χ1n) is 9.72. The third-order valence-electron chi connectivity index (χ3n) is 5.11. The molecule has 3 heterocycles. The van der Waals surface area contributed by atoms with Crippen LogP contribution in [0.3, 0.4) is 0 Å². The zero-order valence-electron chi connectivity index (χ0n) is 17.8. The lowest BCUT2D eigenvalue weighted by atomic mass is 9.97. The summed E-state index contributed by atoms with van der Waals surface area (Å²) in [5.41, 5.74) is 0.923. The van der Waals surface area contributed by atoms with Crippen molar-refractivity contribution < 1.29 is 17.7 Å². The van der Waals surface area contributed by atoms with E-state index < -0.39 is 10.0 Å². The molecule has 1 aliphatic heterocycles. The monoisotopic (exact) mass is 423 g/mol. The lowest BCUT2D eigenvalue weighted by Gasteiger charge is -2.30. The van der Waals surface area contributed by atoms with E-state index in [0.29, 0.717) is 24.4 Å². The van der Waals surface area contributed by atoms with Crippen molar-refractivity contribution in [2.24, 2.45) is 5.92 Å². The van der Waals surface area contributed by atoms with Crippen LogP contribution in [0.15, 0.2) is 15.5 Å². The van der Waals surface area contributed by atoms with E-state index in [1.807, 2.05) is 33.8 Å². The van der Waals surface area contributed by atoms with Gasteiger partial charge in [-0.1, -0.05) is 5.16 Å². The van der Waals surface area contributed by atoms with E-state index in [9.17, 15) is 13.2 Å². The number of aryl methyl sites for hydroxylation is 3. The van der Waals surface area contributed by atoms with Gasteiger partial charge in [0.25, 0.3) is 0 Å². The number of anilines is 1. The molecule has 2 aromatic rings. The van der Waals surface area contributed by atoms with Crippen LogP contribution < -0.4 is 5.32 Å². The average molecular weight is 424 g/mol. The van der Waals surface area contributed by atoms with Gasteiger partial charge in [-0.3, -0.25) is 4.79 Å². The van der Waals surface area contributed by atoms with Crippen LogP contribution >= 0.6 is 0 Å². The zero-order chi connectivity index (χ0) is 21.6. The van der Waals surface area contributed by atoms with Gasteiger partial charge in [0.1, 0.15) is 16.4 Å². The minimum Gasteiger partial charge on any atom is -0.360 e. The number of hydrogen-bond donors (Lipinski definition) is 1. The molecule has 29 heavy (non-hydrogen) atoms. The molecular weight excluding hydrogens is 394 g/mol. The predicted molar refractivity (Wildman–Crippen MR) is 108 cm³/mol. The van der Waals surface area contributed by atoms with Crippen LogP contribution in [0, 0.1) is 26.7 Å². The Morgan fingerprint density at radius 3 is 2.34 bits per heavy atom. The first-order valence-corrected chi connectivity index (χ1v) is 11.2. The molecule has 0 unspecified atom stereocenters. The summed E-state index contributed by atoms with van der Waals surface area (Å²) < 4.78 is 34.1. The van der Waals surface area contributed by atoms with Crippen molar-refractivity contribution in [3.8, 4) is 0 Å².